The third-order valence-electron chi connectivity index (χ3n) is 5.70. The molecule has 0 aliphatic heterocycles. The lowest BCUT2D eigenvalue weighted by molar-refractivity contribution is 0.388. The summed E-state index contributed by atoms with van der Waals surface area (Å²) < 4.78 is 0. The first-order chi connectivity index (χ1) is 13.7. The van der Waals surface area contributed by atoms with Crippen molar-refractivity contribution in [3.63, 3.8) is 0 Å². The number of H-pyrrole nitrogens is 1. The Bertz CT molecular complexity index is 1120. The van der Waals surface area contributed by atoms with Crippen LogP contribution in [0.5, 0.6) is 0 Å². The van der Waals surface area contributed by atoms with Crippen LogP contribution in [0.15, 0.2) is 42.5 Å². The molecule has 0 spiro atoms. The van der Waals surface area contributed by atoms with Gasteiger partial charge in [0.05, 0.1) is 5.52 Å². The van der Waals surface area contributed by atoms with Crippen molar-refractivity contribution in [1.29, 1.82) is 0 Å². The Kier molecular flexibility index (Phi) is 4.14. The molecule has 0 saturated carbocycles. The average molecular weight is 391 g/mol. The van der Waals surface area contributed by atoms with E-state index < -0.39 is 0 Å². The summed E-state index contributed by atoms with van der Waals surface area (Å²) >= 11 is 1.59. The summed E-state index contributed by atoms with van der Waals surface area (Å²) in [5.41, 5.74) is 5.99. The van der Waals surface area contributed by atoms with Crippen molar-refractivity contribution in [2.75, 3.05) is 18.9 Å². The molecule has 28 heavy (non-hydrogen) atoms. The number of nitrogens with zero attached hydrogens (tertiary/aromatic N) is 3. The number of nitrogens with one attached hydrogen (secondary N) is 3. The number of fused-ring (bicyclic) bond motifs is 2. The summed E-state index contributed by atoms with van der Waals surface area (Å²) in [7, 11) is 2.04. The summed E-state index contributed by atoms with van der Waals surface area (Å²) in [4.78, 5) is 0. The van der Waals surface area contributed by atoms with E-state index in [1.54, 1.807) is 11.3 Å². The van der Waals surface area contributed by atoms with Crippen LogP contribution in [-0.4, -0.2) is 39.5 Å². The maximum Gasteiger partial charge on any atom is 0.206 e. The smallest absolute Gasteiger partial charge is 0.206 e. The first kappa shape index (κ1) is 17.3. The van der Waals surface area contributed by atoms with Crippen LogP contribution in [0.4, 0.5) is 5.13 Å². The number of aromatic nitrogens is 4. The predicted molar refractivity (Wildman–Crippen MR) is 114 cm³/mol. The Morgan fingerprint density at radius 3 is 2.64 bits per heavy atom. The molecule has 0 amide bonds. The zero-order chi connectivity index (χ0) is 19.1. The number of anilines is 1. The number of likely N-dealkylation sites (N-methyl/N-ethyl adjacent to an activating group) is 1. The van der Waals surface area contributed by atoms with Crippen molar-refractivity contribution in [3.8, 4) is 10.6 Å². The zero-order valence-corrected chi connectivity index (χ0v) is 16.7. The molecule has 6 nitrogen and oxygen atoms in total. The van der Waals surface area contributed by atoms with Crippen LogP contribution in [-0.2, 0) is 12.8 Å². The van der Waals surface area contributed by atoms with Gasteiger partial charge >= 0.3 is 0 Å². The van der Waals surface area contributed by atoms with Crippen molar-refractivity contribution in [2.45, 2.75) is 25.3 Å². The van der Waals surface area contributed by atoms with E-state index in [-0.39, 0.29) is 5.54 Å². The SMILES string of the molecule is CNC1(CNc2nnc(-c3ccc4n[nH]c(C)c4c3)s2)Cc2ccccc2C1. The van der Waals surface area contributed by atoms with Gasteiger partial charge in [-0.3, -0.25) is 5.10 Å². The quantitative estimate of drug-likeness (QED) is 0.486. The Labute approximate surface area is 167 Å². The number of benzene rings is 2. The second kappa shape index (κ2) is 6.68. The lowest BCUT2D eigenvalue weighted by Crippen LogP contribution is -2.49. The zero-order valence-electron chi connectivity index (χ0n) is 15.9. The molecule has 3 N–H and O–H groups in total. The summed E-state index contributed by atoms with van der Waals surface area (Å²) in [6.45, 7) is 2.84. The third-order valence-corrected chi connectivity index (χ3v) is 6.63. The maximum atomic E-state index is 4.40. The van der Waals surface area contributed by atoms with Gasteiger partial charge in [-0.25, -0.2) is 0 Å². The van der Waals surface area contributed by atoms with E-state index in [4.69, 9.17) is 0 Å². The minimum absolute atomic E-state index is 0.0162. The lowest BCUT2D eigenvalue weighted by Gasteiger charge is -2.28. The van der Waals surface area contributed by atoms with Crippen LogP contribution >= 0.6 is 11.3 Å². The van der Waals surface area contributed by atoms with E-state index in [2.05, 4.69) is 67.4 Å². The van der Waals surface area contributed by atoms with Crippen molar-refractivity contribution in [2.24, 2.45) is 0 Å². The van der Waals surface area contributed by atoms with E-state index in [0.717, 1.165) is 51.7 Å². The molecule has 5 rings (SSSR count). The minimum Gasteiger partial charge on any atom is -0.358 e. The fourth-order valence-corrected chi connectivity index (χ4v) is 4.75. The first-order valence-electron chi connectivity index (χ1n) is 9.44. The molecule has 2 aromatic carbocycles. The highest BCUT2D eigenvalue weighted by Crippen LogP contribution is 2.32. The molecule has 0 atom stereocenters. The van der Waals surface area contributed by atoms with Crippen LogP contribution < -0.4 is 10.6 Å². The molecule has 0 bridgehead atoms. The van der Waals surface area contributed by atoms with Gasteiger partial charge in [0.1, 0.15) is 5.01 Å². The van der Waals surface area contributed by atoms with Crippen molar-refractivity contribution < 1.29 is 0 Å². The molecule has 1 aliphatic rings. The highest BCUT2D eigenvalue weighted by atomic mass is 32.1. The van der Waals surface area contributed by atoms with Gasteiger partial charge in [-0.05, 0) is 56.1 Å². The molecule has 2 heterocycles. The fraction of sp³-hybridized carbons (Fsp3) is 0.286. The predicted octanol–water partition coefficient (Wildman–Crippen LogP) is 3.56. The molecule has 0 saturated heterocycles. The first-order valence-corrected chi connectivity index (χ1v) is 10.3. The number of hydrogen-bond donors (Lipinski definition) is 3. The Morgan fingerprint density at radius 2 is 1.89 bits per heavy atom. The topological polar surface area (TPSA) is 78.5 Å². The Hall–Kier alpha value is -2.77. The van der Waals surface area contributed by atoms with E-state index in [1.807, 2.05) is 20.0 Å². The molecule has 1 aliphatic carbocycles. The largest absolute Gasteiger partial charge is 0.358 e. The van der Waals surface area contributed by atoms with Crippen LogP contribution in [0.2, 0.25) is 0 Å². The van der Waals surface area contributed by atoms with E-state index >= 15 is 0 Å². The number of hydrogen-bond acceptors (Lipinski definition) is 6. The summed E-state index contributed by atoms with van der Waals surface area (Å²) in [5, 5.41) is 26.0. The molecular weight excluding hydrogens is 368 g/mol. The van der Waals surface area contributed by atoms with Gasteiger partial charge in [0.2, 0.25) is 5.13 Å². The Balaban J connectivity index is 1.33. The van der Waals surface area contributed by atoms with E-state index in [0.29, 0.717) is 0 Å². The second-order valence-electron chi connectivity index (χ2n) is 7.50. The number of rotatable bonds is 5. The lowest BCUT2D eigenvalue weighted by atomic mass is 9.96. The monoisotopic (exact) mass is 390 g/mol. The molecule has 142 valence electrons. The standard InChI is InChI=1S/C21H22N6S/c1-13-17-9-14(7-8-18(17)25-24-13)19-26-27-20(28-19)23-12-21(22-2)10-15-5-3-4-6-16(15)11-21/h3-9,22H,10-12H2,1-2H3,(H,23,27)(H,24,25). The van der Waals surface area contributed by atoms with Gasteiger partial charge in [-0.15, -0.1) is 10.2 Å². The van der Waals surface area contributed by atoms with Crippen LogP contribution in [0.25, 0.3) is 21.5 Å². The molecule has 0 radical (unpaired) electrons. The number of aromatic amines is 1. The molecule has 7 heteroatoms. The molecule has 0 fully saturated rings. The molecule has 2 aromatic heterocycles. The van der Waals surface area contributed by atoms with E-state index in [9.17, 15) is 0 Å². The highest BCUT2D eigenvalue weighted by Gasteiger charge is 2.35. The van der Waals surface area contributed by atoms with Crippen molar-refractivity contribution >= 4 is 27.4 Å². The van der Waals surface area contributed by atoms with Gasteiger partial charge in [-0.2, -0.15) is 5.10 Å². The van der Waals surface area contributed by atoms with Crippen LogP contribution in [0.3, 0.4) is 0 Å². The van der Waals surface area contributed by atoms with Gasteiger partial charge in [0.25, 0.3) is 0 Å². The average Bonchev–Trinajstić information content (AvgIpc) is 3.43. The normalized spacial score (nSPS) is 15.1. The number of aryl methyl sites for hydroxylation is 1. The minimum atomic E-state index is 0.0162. The second-order valence-corrected chi connectivity index (χ2v) is 8.48. The van der Waals surface area contributed by atoms with Gasteiger partial charge < -0.3 is 10.6 Å². The third kappa shape index (κ3) is 2.96. The van der Waals surface area contributed by atoms with Crippen LogP contribution in [0.1, 0.15) is 16.8 Å². The molecule has 0 unspecified atom stereocenters. The van der Waals surface area contributed by atoms with Gasteiger partial charge in [-0.1, -0.05) is 35.6 Å². The van der Waals surface area contributed by atoms with Gasteiger partial charge in [0.15, 0.2) is 0 Å². The van der Waals surface area contributed by atoms with E-state index in [1.165, 1.54) is 11.1 Å². The fourth-order valence-electron chi connectivity index (χ4n) is 4.01. The molecule has 4 aromatic rings. The van der Waals surface area contributed by atoms with Crippen molar-refractivity contribution in [1.82, 2.24) is 25.7 Å². The molecular formula is C21H22N6S. The maximum absolute atomic E-state index is 4.40. The summed E-state index contributed by atoms with van der Waals surface area (Å²) in [6.07, 6.45) is 2.05. The van der Waals surface area contributed by atoms with Crippen LogP contribution in [0, 0.1) is 6.92 Å². The summed E-state index contributed by atoms with van der Waals surface area (Å²) in [6, 6.07) is 14.9. The Morgan fingerprint density at radius 1 is 1.11 bits per heavy atom. The summed E-state index contributed by atoms with van der Waals surface area (Å²) in [5.74, 6) is 0. The van der Waals surface area contributed by atoms with Crippen molar-refractivity contribution in [3.05, 3.63) is 59.3 Å². The highest BCUT2D eigenvalue weighted by molar-refractivity contribution is 7.18. The van der Waals surface area contributed by atoms with Gasteiger partial charge in [0, 0.05) is 28.7 Å².